The van der Waals surface area contributed by atoms with E-state index in [9.17, 15) is 9.59 Å². The Balaban J connectivity index is 1.68. The highest BCUT2D eigenvalue weighted by Crippen LogP contribution is 2.25. The Bertz CT molecular complexity index is 807. The van der Waals surface area contributed by atoms with Crippen molar-refractivity contribution in [3.05, 3.63) is 54.1 Å². The average molecular weight is 311 g/mol. The van der Waals surface area contributed by atoms with Crippen molar-refractivity contribution in [3.8, 4) is 0 Å². The van der Waals surface area contributed by atoms with Gasteiger partial charge in [-0.15, -0.1) is 0 Å². The number of amides is 2. The molecule has 0 aliphatic heterocycles. The van der Waals surface area contributed by atoms with Crippen molar-refractivity contribution in [3.63, 3.8) is 0 Å². The summed E-state index contributed by atoms with van der Waals surface area (Å²) in [6.45, 7) is 1.50. The van der Waals surface area contributed by atoms with E-state index in [1.54, 1.807) is 24.3 Å². The molecule has 1 heterocycles. The predicted octanol–water partition coefficient (Wildman–Crippen LogP) is 4.14. The Hall–Kier alpha value is -2.73. The zero-order valence-electron chi connectivity index (χ0n) is 11.8. The van der Waals surface area contributed by atoms with Gasteiger partial charge < -0.3 is 5.32 Å². The molecule has 0 aliphatic rings. The van der Waals surface area contributed by atoms with Gasteiger partial charge in [0, 0.05) is 11.3 Å². The molecule has 3 aromatic rings. The summed E-state index contributed by atoms with van der Waals surface area (Å²) < 4.78 is 1.02. The van der Waals surface area contributed by atoms with Crippen LogP contribution in [0.25, 0.3) is 10.2 Å². The summed E-state index contributed by atoms with van der Waals surface area (Å²) in [7, 11) is 0. The van der Waals surface area contributed by atoms with Crippen LogP contribution in [0, 0.1) is 0 Å². The van der Waals surface area contributed by atoms with Crippen molar-refractivity contribution in [2.75, 3.05) is 10.6 Å². The number of urea groups is 1. The molecule has 0 saturated carbocycles. The van der Waals surface area contributed by atoms with Crippen LogP contribution in [0.4, 0.5) is 15.6 Å². The quantitative estimate of drug-likeness (QED) is 0.714. The fraction of sp³-hybridized carbons (Fsp3) is 0.0625. The van der Waals surface area contributed by atoms with E-state index in [0.29, 0.717) is 16.4 Å². The second kappa shape index (κ2) is 5.95. The first-order valence-electron chi connectivity index (χ1n) is 6.66. The summed E-state index contributed by atoms with van der Waals surface area (Å²) in [4.78, 5) is 27.5. The van der Waals surface area contributed by atoms with E-state index in [0.717, 1.165) is 10.2 Å². The molecular formula is C16H13N3O2S. The van der Waals surface area contributed by atoms with Crippen LogP contribution in [-0.2, 0) is 0 Å². The normalized spacial score (nSPS) is 10.4. The van der Waals surface area contributed by atoms with Crippen LogP contribution in [0.2, 0.25) is 0 Å². The lowest BCUT2D eigenvalue weighted by Gasteiger charge is -2.05. The number of hydrogen-bond donors (Lipinski definition) is 2. The van der Waals surface area contributed by atoms with E-state index in [1.165, 1.54) is 18.3 Å². The first kappa shape index (κ1) is 14.2. The first-order valence-corrected chi connectivity index (χ1v) is 7.48. The molecule has 0 atom stereocenters. The number of nitrogens with one attached hydrogen (secondary N) is 2. The molecule has 0 saturated heterocycles. The van der Waals surface area contributed by atoms with Crippen LogP contribution in [0.15, 0.2) is 48.5 Å². The molecule has 110 valence electrons. The topological polar surface area (TPSA) is 71.1 Å². The van der Waals surface area contributed by atoms with Crippen molar-refractivity contribution >= 4 is 44.2 Å². The molecule has 2 amide bonds. The van der Waals surface area contributed by atoms with E-state index in [4.69, 9.17) is 0 Å². The molecule has 2 aromatic carbocycles. The minimum Gasteiger partial charge on any atom is -0.308 e. The number of fused-ring (bicyclic) bond motifs is 1. The van der Waals surface area contributed by atoms with E-state index in [1.807, 2.05) is 24.3 Å². The monoisotopic (exact) mass is 311 g/mol. The molecule has 6 heteroatoms. The van der Waals surface area contributed by atoms with Gasteiger partial charge in [-0.2, -0.15) is 0 Å². The standard InChI is InChI=1S/C16H13N3O2S/c1-10(20)11-6-8-12(9-7-11)17-15(21)19-16-18-13-4-2-3-5-14(13)22-16/h2-9H,1H3,(H2,17,18,19,21). The lowest BCUT2D eigenvalue weighted by atomic mass is 10.1. The molecule has 5 nitrogen and oxygen atoms in total. The fourth-order valence-corrected chi connectivity index (χ4v) is 2.83. The minimum absolute atomic E-state index is 0.00882. The van der Waals surface area contributed by atoms with Gasteiger partial charge in [0.25, 0.3) is 0 Å². The van der Waals surface area contributed by atoms with Gasteiger partial charge in [0.2, 0.25) is 0 Å². The molecule has 2 N–H and O–H groups in total. The van der Waals surface area contributed by atoms with Gasteiger partial charge in [-0.3, -0.25) is 10.1 Å². The van der Waals surface area contributed by atoms with Crippen LogP contribution < -0.4 is 10.6 Å². The summed E-state index contributed by atoms with van der Waals surface area (Å²) in [5.41, 5.74) is 2.08. The molecule has 0 fully saturated rings. The molecule has 0 aliphatic carbocycles. The average Bonchev–Trinajstić information content (AvgIpc) is 2.89. The molecular weight excluding hydrogens is 298 g/mol. The number of anilines is 2. The Morgan fingerprint density at radius 2 is 1.73 bits per heavy atom. The second-order valence-corrected chi connectivity index (χ2v) is 5.73. The van der Waals surface area contributed by atoms with Crippen molar-refractivity contribution in [2.45, 2.75) is 6.92 Å². The number of carbonyl (C=O) groups excluding carboxylic acids is 2. The zero-order valence-corrected chi connectivity index (χ0v) is 12.6. The van der Waals surface area contributed by atoms with Crippen molar-refractivity contribution in [1.82, 2.24) is 4.98 Å². The van der Waals surface area contributed by atoms with Gasteiger partial charge in [0.1, 0.15) is 0 Å². The number of para-hydroxylation sites is 1. The van der Waals surface area contributed by atoms with E-state index < -0.39 is 0 Å². The van der Waals surface area contributed by atoms with Gasteiger partial charge in [0.15, 0.2) is 10.9 Å². The Labute approximate surface area is 131 Å². The predicted molar refractivity (Wildman–Crippen MR) is 88.7 cm³/mol. The molecule has 3 rings (SSSR count). The van der Waals surface area contributed by atoms with Crippen molar-refractivity contribution < 1.29 is 9.59 Å². The fourth-order valence-electron chi connectivity index (χ4n) is 1.97. The van der Waals surface area contributed by atoms with Crippen molar-refractivity contribution in [2.24, 2.45) is 0 Å². The first-order chi connectivity index (χ1) is 10.6. The highest BCUT2D eigenvalue weighted by molar-refractivity contribution is 7.22. The van der Waals surface area contributed by atoms with Crippen LogP contribution in [0.3, 0.4) is 0 Å². The molecule has 1 aromatic heterocycles. The smallest absolute Gasteiger partial charge is 0.308 e. The van der Waals surface area contributed by atoms with E-state index in [-0.39, 0.29) is 11.8 Å². The molecule has 0 spiro atoms. The second-order valence-electron chi connectivity index (χ2n) is 4.70. The largest absolute Gasteiger partial charge is 0.325 e. The van der Waals surface area contributed by atoms with E-state index >= 15 is 0 Å². The summed E-state index contributed by atoms with van der Waals surface area (Å²) in [5, 5.41) is 5.95. The maximum atomic E-state index is 12.0. The van der Waals surface area contributed by atoms with Crippen molar-refractivity contribution in [1.29, 1.82) is 0 Å². The number of carbonyl (C=O) groups is 2. The third-order valence-electron chi connectivity index (χ3n) is 3.06. The van der Waals surface area contributed by atoms with Gasteiger partial charge >= 0.3 is 6.03 Å². The maximum absolute atomic E-state index is 12.0. The third-order valence-corrected chi connectivity index (χ3v) is 4.02. The number of benzene rings is 2. The molecule has 0 radical (unpaired) electrons. The number of Topliss-reactive ketones (excluding diaryl/α,β-unsaturated/α-hetero) is 1. The Kier molecular flexibility index (Phi) is 3.84. The SMILES string of the molecule is CC(=O)c1ccc(NC(=O)Nc2nc3ccccc3s2)cc1. The highest BCUT2D eigenvalue weighted by atomic mass is 32.1. The van der Waals surface area contributed by atoms with Gasteiger partial charge in [0.05, 0.1) is 10.2 Å². The number of rotatable bonds is 3. The Morgan fingerprint density at radius 1 is 1.00 bits per heavy atom. The molecule has 22 heavy (non-hydrogen) atoms. The molecule has 0 bridgehead atoms. The lowest BCUT2D eigenvalue weighted by molar-refractivity contribution is 0.101. The number of ketones is 1. The zero-order chi connectivity index (χ0) is 15.5. The van der Waals surface area contributed by atoms with Gasteiger partial charge in [-0.1, -0.05) is 23.5 Å². The number of nitrogens with zero attached hydrogens (tertiary/aromatic N) is 1. The minimum atomic E-state index is -0.366. The lowest BCUT2D eigenvalue weighted by Crippen LogP contribution is -2.19. The number of thiazole rings is 1. The summed E-state index contributed by atoms with van der Waals surface area (Å²) in [5.74, 6) is -0.00882. The number of hydrogen-bond acceptors (Lipinski definition) is 4. The van der Waals surface area contributed by atoms with Crippen LogP contribution in [0.5, 0.6) is 0 Å². The Morgan fingerprint density at radius 3 is 2.41 bits per heavy atom. The highest BCUT2D eigenvalue weighted by Gasteiger charge is 2.08. The summed E-state index contributed by atoms with van der Waals surface area (Å²) >= 11 is 1.41. The van der Waals surface area contributed by atoms with Crippen LogP contribution in [0.1, 0.15) is 17.3 Å². The van der Waals surface area contributed by atoms with Crippen LogP contribution in [-0.4, -0.2) is 16.8 Å². The third kappa shape index (κ3) is 3.12. The number of aromatic nitrogens is 1. The van der Waals surface area contributed by atoms with Crippen LogP contribution >= 0.6 is 11.3 Å². The van der Waals surface area contributed by atoms with Gasteiger partial charge in [-0.25, -0.2) is 9.78 Å². The summed E-state index contributed by atoms with van der Waals surface area (Å²) in [6.07, 6.45) is 0. The maximum Gasteiger partial charge on any atom is 0.325 e. The molecule has 0 unspecified atom stereocenters. The summed E-state index contributed by atoms with van der Waals surface area (Å²) in [6, 6.07) is 14.1. The van der Waals surface area contributed by atoms with E-state index in [2.05, 4.69) is 15.6 Å². The van der Waals surface area contributed by atoms with Gasteiger partial charge in [-0.05, 0) is 43.3 Å².